The molecule has 5 rings (SSSR count). The van der Waals surface area contributed by atoms with Crippen LogP contribution in [0.5, 0.6) is 0 Å². The molecule has 0 aromatic heterocycles. The number of likely N-dealkylation sites (tertiary alicyclic amines) is 1. The lowest BCUT2D eigenvalue weighted by Crippen LogP contribution is -2.60. The first-order chi connectivity index (χ1) is 21.8. The molecule has 3 amide bonds. The molecule has 2 unspecified atom stereocenters. The van der Waals surface area contributed by atoms with Crippen LogP contribution in [0.15, 0.2) is 86.0 Å². The van der Waals surface area contributed by atoms with E-state index in [1.807, 2.05) is 65.6 Å². The van der Waals surface area contributed by atoms with Crippen LogP contribution in [0.2, 0.25) is 0 Å². The third kappa shape index (κ3) is 5.95. The second-order valence-corrected chi connectivity index (χ2v) is 16.4. The molecular weight excluding hydrogens is 595 g/mol. The molecule has 2 aromatic carbocycles. The van der Waals surface area contributed by atoms with Crippen molar-refractivity contribution < 1.29 is 19.5 Å². The van der Waals surface area contributed by atoms with E-state index >= 15 is 4.79 Å². The third-order valence-corrected chi connectivity index (χ3v) is 11.8. The van der Waals surface area contributed by atoms with E-state index in [0.29, 0.717) is 19.5 Å². The number of amides is 3. The molecule has 2 bridgehead atoms. The number of fused-ring (bicyclic) bond motifs is 1. The van der Waals surface area contributed by atoms with Crippen molar-refractivity contribution in [2.45, 2.75) is 81.5 Å². The van der Waals surface area contributed by atoms with Crippen LogP contribution in [0.25, 0.3) is 0 Å². The Bertz CT molecular complexity index is 1460. The fourth-order valence-corrected chi connectivity index (χ4v) is 10.8. The lowest BCUT2D eigenvalue weighted by molar-refractivity contribution is -0.149. The normalized spacial score (nSPS) is 26.0. The van der Waals surface area contributed by atoms with Crippen LogP contribution in [0.3, 0.4) is 0 Å². The molecule has 3 aliphatic rings. The fourth-order valence-electron chi connectivity index (χ4n) is 8.56. The summed E-state index contributed by atoms with van der Waals surface area (Å²) in [4.78, 5) is 50.0. The number of hydrogen-bond donors (Lipinski definition) is 1. The predicted octanol–water partition coefficient (Wildman–Crippen LogP) is 6.26. The lowest BCUT2D eigenvalue weighted by atomic mass is 9.70. The monoisotopic (exact) mass is 643 g/mol. The molecule has 3 fully saturated rings. The first-order valence-corrected chi connectivity index (χ1v) is 17.2. The Balaban J connectivity index is 1.64. The van der Waals surface area contributed by atoms with Crippen LogP contribution in [0.1, 0.15) is 65.5 Å². The number of hydrogen-bond acceptors (Lipinski definition) is 5. The van der Waals surface area contributed by atoms with Crippen LogP contribution in [-0.4, -0.2) is 73.9 Å². The highest BCUT2D eigenvalue weighted by atomic mass is 32.2. The van der Waals surface area contributed by atoms with E-state index in [-0.39, 0.29) is 35.0 Å². The molecule has 0 radical (unpaired) electrons. The zero-order chi connectivity index (χ0) is 33.4. The number of aliphatic hydroxyl groups excluding tert-OH is 1. The molecule has 3 saturated heterocycles. The zero-order valence-corrected chi connectivity index (χ0v) is 28.7. The Morgan fingerprint density at radius 1 is 1.00 bits per heavy atom. The summed E-state index contributed by atoms with van der Waals surface area (Å²) in [5, 5.41) is 10.8. The molecule has 3 heterocycles. The van der Waals surface area contributed by atoms with Gasteiger partial charge in [0.2, 0.25) is 17.7 Å². The van der Waals surface area contributed by atoms with Gasteiger partial charge in [-0.05, 0) is 56.2 Å². The maximum Gasteiger partial charge on any atom is 0.247 e. The van der Waals surface area contributed by atoms with Crippen LogP contribution < -0.4 is 4.90 Å². The van der Waals surface area contributed by atoms with Crippen LogP contribution in [0.4, 0.5) is 5.69 Å². The third-order valence-electron chi connectivity index (χ3n) is 9.87. The minimum absolute atomic E-state index is 0.0585. The minimum Gasteiger partial charge on any atom is -0.394 e. The van der Waals surface area contributed by atoms with Crippen molar-refractivity contribution in [2.75, 3.05) is 24.6 Å². The van der Waals surface area contributed by atoms with Gasteiger partial charge in [0, 0.05) is 29.6 Å². The topological polar surface area (TPSA) is 81.2 Å². The summed E-state index contributed by atoms with van der Waals surface area (Å²) >= 11 is 1.65. The van der Waals surface area contributed by atoms with Gasteiger partial charge in [0.05, 0.1) is 29.2 Å². The molecule has 2 aromatic rings. The SMILES string of the molecule is C=CCN(C(=O)[C@@H]1[C@H]2C(=O)N([C@H](CO)c3ccccc3)C(C(=O)N(CC=C)C(C)(C)CC(C)(C)C)C23CC[C@H]1S3)c1ccccc1. The molecule has 6 atom stereocenters. The first kappa shape index (κ1) is 34.0. The number of carbonyl (C=O) groups is 3. The molecule has 1 N–H and O–H groups in total. The summed E-state index contributed by atoms with van der Waals surface area (Å²) in [5.41, 5.74) is 0.912. The molecule has 46 heavy (non-hydrogen) atoms. The van der Waals surface area contributed by atoms with E-state index < -0.39 is 34.2 Å². The maximum atomic E-state index is 15.2. The summed E-state index contributed by atoms with van der Waals surface area (Å²) in [6.45, 7) is 18.8. The Kier molecular flexibility index (Phi) is 9.63. The maximum absolute atomic E-state index is 15.2. The molecule has 8 heteroatoms. The van der Waals surface area contributed by atoms with E-state index in [9.17, 15) is 14.7 Å². The van der Waals surface area contributed by atoms with E-state index in [4.69, 9.17) is 0 Å². The number of rotatable bonds is 12. The lowest BCUT2D eigenvalue weighted by Gasteiger charge is -2.46. The van der Waals surface area contributed by atoms with Crippen molar-refractivity contribution in [1.82, 2.24) is 9.80 Å². The van der Waals surface area contributed by atoms with E-state index in [1.165, 1.54) is 0 Å². The Labute approximate surface area is 278 Å². The van der Waals surface area contributed by atoms with Crippen molar-refractivity contribution in [3.63, 3.8) is 0 Å². The number of benzene rings is 2. The molecule has 7 nitrogen and oxygen atoms in total. The Morgan fingerprint density at radius 2 is 1.61 bits per heavy atom. The summed E-state index contributed by atoms with van der Waals surface area (Å²) in [6, 6.07) is 17.3. The number of para-hydroxylation sites is 1. The van der Waals surface area contributed by atoms with Gasteiger partial charge in [-0.25, -0.2) is 0 Å². The van der Waals surface area contributed by atoms with E-state index in [2.05, 4.69) is 47.8 Å². The quantitative estimate of drug-likeness (QED) is 0.276. The van der Waals surface area contributed by atoms with Crippen molar-refractivity contribution >= 4 is 35.2 Å². The number of aliphatic hydroxyl groups is 1. The molecule has 0 saturated carbocycles. The largest absolute Gasteiger partial charge is 0.394 e. The molecular formula is C38H49N3O4S. The summed E-state index contributed by atoms with van der Waals surface area (Å²) < 4.78 is -0.796. The van der Waals surface area contributed by atoms with Gasteiger partial charge >= 0.3 is 0 Å². The average molecular weight is 644 g/mol. The zero-order valence-electron chi connectivity index (χ0n) is 27.9. The van der Waals surface area contributed by atoms with Crippen molar-refractivity contribution in [1.29, 1.82) is 0 Å². The van der Waals surface area contributed by atoms with Gasteiger partial charge in [-0.3, -0.25) is 14.4 Å². The van der Waals surface area contributed by atoms with E-state index in [1.54, 1.807) is 33.7 Å². The van der Waals surface area contributed by atoms with Gasteiger partial charge in [-0.2, -0.15) is 0 Å². The molecule has 0 aliphatic carbocycles. The van der Waals surface area contributed by atoms with Crippen LogP contribution >= 0.6 is 11.8 Å². The van der Waals surface area contributed by atoms with Gasteiger partial charge in [-0.1, -0.05) is 81.5 Å². The van der Waals surface area contributed by atoms with Crippen molar-refractivity contribution in [2.24, 2.45) is 17.3 Å². The molecule has 246 valence electrons. The minimum atomic E-state index is -0.848. The first-order valence-electron chi connectivity index (χ1n) is 16.4. The van der Waals surface area contributed by atoms with Gasteiger partial charge in [0.1, 0.15) is 6.04 Å². The highest BCUT2D eigenvalue weighted by molar-refractivity contribution is 8.02. The highest BCUT2D eigenvalue weighted by Gasteiger charge is 2.75. The highest BCUT2D eigenvalue weighted by Crippen LogP contribution is 2.67. The van der Waals surface area contributed by atoms with Crippen LogP contribution in [-0.2, 0) is 14.4 Å². The molecule has 3 aliphatic heterocycles. The number of anilines is 1. The standard InChI is InChI=1S/C38H49N3O4S/c1-8-22-39(27-18-14-11-15-19-27)33(43)30-29-20-21-38(46-29)31(30)34(44)41(28(24-42)26-16-12-10-13-17-26)32(38)35(45)40(23-9-2)37(6,7)25-36(3,4)5/h8-19,28-32,42H,1-2,20-25H2,3-7H3/t28-,29-,30+,31+,32?,38?/m1/s1. The van der Waals surface area contributed by atoms with Gasteiger partial charge in [0.15, 0.2) is 0 Å². The van der Waals surface area contributed by atoms with Crippen molar-refractivity contribution in [3.8, 4) is 0 Å². The van der Waals surface area contributed by atoms with Gasteiger partial charge in [-0.15, -0.1) is 24.9 Å². The number of thioether (sulfide) groups is 1. The Hall–Kier alpha value is -3.36. The fraction of sp³-hybridized carbons (Fsp3) is 0.500. The summed E-state index contributed by atoms with van der Waals surface area (Å²) in [7, 11) is 0. The van der Waals surface area contributed by atoms with Gasteiger partial charge < -0.3 is 19.8 Å². The summed E-state index contributed by atoms with van der Waals surface area (Å²) in [5.74, 6) is -1.78. The van der Waals surface area contributed by atoms with Gasteiger partial charge in [0.25, 0.3) is 0 Å². The number of carbonyl (C=O) groups excluding carboxylic acids is 3. The predicted molar refractivity (Wildman–Crippen MR) is 186 cm³/mol. The molecule has 1 spiro atoms. The smallest absolute Gasteiger partial charge is 0.247 e. The Morgan fingerprint density at radius 3 is 2.17 bits per heavy atom. The number of nitrogens with zero attached hydrogens (tertiary/aromatic N) is 3. The average Bonchev–Trinajstić information content (AvgIpc) is 3.66. The van der Waals surface area contributed by atoms with E-state index in [0.717, 1.165) is 24.1 Å². The van der Waals surface area contributed by atoms with Crippen molar-refractivity contribution in [3.05, 3.63) is 91.5 Å². The van der Waals surface area contributed by atoms with Crippen LogP contribution in [0, 0.1) is 17.3 Å². The second kappa shape index (κ2) is 13.0. The second-order valence-electron chi connectivity index (χ2n) is 14.8. The summed E-state index contributed by atoms with van der Waals surface area (Å²) in [6.07, 6.45) is 5.58.